The van der Waals surface area contributed by atoms with Crippen LogP contribution in [-0.2, 0) is 16.0 Å². The number of methoxy groups -OCH3 is 1. The molecule has 0 saturated carbocycles. The van der Waals surface area contributed by atoms with Gasteiger partial charge in [-0.1, -0.05) is 35.9 Å². The lowest BCUT2D eigenvalue weighted by Crippen LogP contribution is -2.13. The number of nitrogens with zero attached hydrogens (tertiary/aromatic N) is 2. The highest BCUT2D eigenvalue weighted by Gasteiger charge is 2.09. The number of esters is 1. The van der Waals surface area contributed by atoms with Crippen molar-refractivity contribution in [3.8, 4) is 5.75 Å². The molecule has 0 N–H and O–H groups in total. The van der Waals surface area contributed by atoms with Crippen molar-refractivity contribution in [3.63, 3.8) is 0 Å². The van der Waals surface area contributed by atoms with Crippen LogP contribution in [0, 0.1) is 0 Å². The maximum atomic E-state index is 11.3. The van der Waals surface area contributed by atoms with E-state index in [1.807, 2.05) is 36.4 Å². The molecule has 0 unspecified atom stereocenters. The molecule has 2 aromatic carbocycles. The second kappa shape index (κ2) is 7.27. The molecular formula is C18H15ClN2O3. The normalized spacial score (nSPS) is 10.6. The molecule has 1 heterocycles. The van der Waals surface area contributed by atoms with E-state index in [2.05, 4.69) is 14.7 Å². The van der Waals surface area contributed by atoms with Gasteiger partial charge in [-0.2, -0.15) is 0 Å². The Morgan fingerprint density at radius 1 is 1.17 bits per heavy atom. The lowest BCUT2D eigenvalue weighted by atomic mass is 10.1. The molecule has 6 heteroatoms. The molecular weight excluding hydrogens is 328 g/mol. The van der Waals surface area contributed by atoms with Gasteiger partial charge in [0.25, 0.3) is 0 Å². The second-order valence-electron chi connectivity index (χ2n) is 5.15. The molecule has 0 aliphatic carbocycles. The smallest absolute Gasteiger partial charge is 0.343 e. The van der Waals surface area contributed by atoms with Crippen LogP contribution in [0.15, 0.2) is 48.7 Å². The number of hydrogen-bond donors (Lipinski definition) is 0. The van der Waals surface area contributed by atoms with Gasteiger partial charge >= 0.3 is 5.97 Å². The Labute approximate surface area is 144 Å². The molecule has 122 valence electrons. The molecule has 0 aliphatic heterocycles. The third kappa shape index (κ3) is 3.81. The predicted molar refractivity (Wildman–Crippen MR) is 91.3 cm³/mol. The summed E-state index contributed by atoms with van der Waals surface area (Å²) in [5.41, 5.74) is 1.73. The molecule has 1 aromatic heterocycles. The quantitative estimate of drug-likeness (QED) is 0.665. The number of fused-ring (bicyclic) bond motifs is 1. The van der Waals surface area contributed by atoms with Gasteiger partial charge in [-0.3, -0.25) is 0 Å². The Hall–Kier alpha value is -2.66. The van der Waals surface area contributed by atoms with Gasteiger partial charge in [-0.05, 0) is 23.8 Å². The number of rotatable bonds is 5. The molecule has 5 nitrogen and oxygen atoms in total. The molecule has 0 atom stereocenters. The molecule has 0 aliphatic rings. The van der Waals surface area contributed by atoms with E-state index < -0.39 is 5.97 Å². The Morgan fingerprint density at radius 2 is 1.96 bits per heavy atom. The number of para-hydroxylation sites is 1. The molecule has 24 heavy (non-hydrogen) atoms. The first-order valence-electron chi connectivity index (χ1n) is 7.34. The largest absolute Gasteiger partial charge is 0.480 e. The lowest BCUT2D eigenvalue weighted by Gasteiger charge is -2.09. The molecule has 0 fully saturated rings. The Kier molecular flexibility index (Phi) is 4.91. The summed E-state index contributed by atoms with van der Waals surface area (Å²) < 4.78 is 10.1. The van der Waals surface area contributed by atoms with Crippen molar-refractivity contribution < 1.29 is 14.3 Å². The van der Waals surface area contributed by atoms with Crippen LogP contribution >= 0.6 is 11.6 Å². The van der Waals surface area contributed by atoms with Crippen LogP contribution in [0.5, 0.6) is 5.75 Å². The van der Waals surface area contributed by atoms with Gasteiger partial charge < -0.3 is 9.47 Å². The van der Waals surface area contributed by atoms with Gasteiger partial charge in [0, 0.05) is 23.0 Å². The average Bonchev–Trinajstić information content (AvgIpc) is 2.61. The van der Waals surface area contributed by atoms with Crippen molar-refractivity contribution in [1.82, 2.24) is 9.97 Å². The predicted octanol–water partition coefficient (Wildman–Crippen LogP) is 3.43. The van der Waals surface area contributed by atoms with E-state index in [4.69, 9.17) is 16.3 Å². The highest BCUT2D eigenvalue weighted by molar-refractivity contribution is 6.30. The number of hydrogen-bond acceptors (Lipinski definition) is 5. The zero-order valence-electron chi connectivity index (χ0n) is 13.0. The molecule has 3 rings (SSSR count). The minimum Gasteiger partial charge on any atom is -0.480 e. The number of aromatic nitrogens is 2. The summed E-state index contributed by atoms with van der Waals surface area (Å²) in [5.74, 6) is 0.749. The number of benzene rings is 2. The highest BCUT2D eigenvalue weighted by atomic mass is 35.5. The van der Waals surface area contributed by atoms with Crippen molar-refractivity contribution in [2.45, 2.75) is 6.42 Å². The van der Waals surface area contributed by atoms with Crippen LogP contribution < -0.4 is 4.74 Å². The first-order chi connectivity index (χ1) is 11.7. The fourth-order valence-electron chi connectivity index (χ4n) is 2.25. The fourth-order valence-corrected chi connectivity index (χ4v) is 2.37. The van der Waals surface area contributed by atoms with E-state index in [0.717, 1.165) is 10.9 Å². The van der Waals surface area contributed by atoms with Crippen LogP contribution in [0.3, 0.4) is 0 Å². The molecule has 0 bridgehead atoms. The molecule has 0 radical (unpaired) electrons. The maximum absolute atomic E-state index is 11.3. The standard InChI is InChI=1S/C18H15ClN2O3/c1-23-17(22)11-24-15-4-2-3-13-10-20-16(21-18(13)15)9-12-5-7-14(19)8-6-12/h2-8,10H,9,11H2,1H3. The topological polar surface area (TPSA) is 61.3 Å². The van der Waals surface area contributed by atoms with Crippen molar-refractivity contribution in [2.24, 2.45) is 0 Å². The number of halogens is 1. The van der Waals surface area contributed by atoms with Crippen molar-refractivity contribution in [3.05, 3.63) is 65.1 Å². The summed E-state index contributed by atoms with van der Waals surface area (Å²) in [6.45, 7) is -0.161. The van der Waals surface area contributed by atoms with Crippen LogP contribution in [0.4, 0.5) is 0 Å². The van der Waals surface area contributed by atoms with Gasteiger partial charge in [0.2, 0.25) is 0 Å². The highest BCUT2D eigenvalue weighted by Crippen LogP contribution is 2.24. The molecule has 0 amide bonds. The molecule has 0 saturated heterocycles. The molecule has 0 spiro atoms. The molecule has 3 aromatic rings. The number of carbonyl (C=O) groups is 1. The Balaban J connectivity index is 1.88. The van der Waals surface area contributed by atoms with E-state index in [0.29, 0.717) is 28.5 Å². The van der Waals surface area contributed by atoms with E-state index in [9.17, 15) is 4.79 Å². The van der Waals surface area contributed by atoms with E-state index in [-0.39, 0.29) is 6.61 Å². The summed E-state index contributed by atoms with van der Waals surface area (Å²) in [6, 6.07) is 13.0. The first kappa shape index (κ1) is 16.2. The third-order valence-corrected chi connectivity index (χ3v) is 3.72. The third-order valence-electron chi connectivity index (χ3n) is 3.47. The lowest BCUT2D eigenvalue weighted by molar-refractivity contribution is -0.142. The SMILES string of the molecule is COC(=O)COc1cccc2cnc(Cc3ccc(Cl)cc3)nc12. The minimum absolute atomic E-state index is 0.161. The van der Waals surface area contributed by atoms with E-state index in [1.54, 1.807) is 12.3 Å². The van der Waals surface area contributed by atoms with Gasteiger partial charge in [0.05, 0.1) is 7.11 Å². The summed E-state index contributed by atoms with van der Waals surface area (Å²) in [6.07, 6.45) is 2.33. The second-order valence-corrected chi connectivity index (χ2v) is 5.58. The van der Waals surface area contributed by atoms with Crippen LogP contribution in [0.2, 0.25) is 5.02 Å². The Morgan fingerprint density at radius 3 is 2.71 bits per heavy atom. The van der Waals surface area contributed by atoms with Crippen LogP contribution in [0.1, 0.15) is 11.4 Å². The Bertz CT molecular complexity index is 866. The zero-order valence-corrected chi connectivity index (χ0v) is 13.8. The van der Waals surface area contributed by atoms with E-state index >= 15 is 0 Å². The fraction of sp³-hybridized carbons (Fsp3) is 0.167. The minimum atomic E-state index is -0.442. The van der Waals surface area contributed by atoms with Gasteiger partial charge in [-0.25, -0.2) is 14.8 Å². The number of carbonyl (C=O) groups excluding carboxylic acids is 1. The summed E-state index contributed by atoms with van der Waals surface area (Å²) in [7, 11) is 1.32. The van der Waals surface area contributed by atoms with Gasteiger partial charge in [-0.15, -0.1) is 0 Å². The summed E-state index contributed by atoms with van der Waals surface area (Å²) in [5, 5.41) is 1.54. The van der Waals surface area contributed by atoms with Gasteiger partial charge in [0.1, 0.15) is 17.1 Å². The first-order valence-corrected chi connectivity index (χ1v) is 7.72. The average molecular weight is 343 g/mol. The van der Waals surface area contributed by atoms with Crippen molar-refractivity contribution in [1.29, 1.82) is 0 Å². The number of ether oxygens (including phenoxy) is 2. The van der Waals surface area contributed by atoms with E-state index in [1.165, 1.54) is 7.11 Å². The van der Waals surface area contributed by atoms with Crippen LogP contribution in [0.25, 0.3) is 10.9 Å². The maximum Gasteiger partial charge on any atom is 0.343 e. The van der Waals surface area contributed by atoms with Gasteiger partial charge in [0.15, 0.2) is 6.61 Å². The summed E-state index contributed by atoms with van der Waals surface area (Å²) in [4.78, 5) is 20.2. The zero-order chi connectivity index (χ0) is 16.9. The van der Waals surface area contributed by atoms with Crippen molar-refractivity contribution in [2.75, 3.05) is 13.7 Å². The monoisotopic (exact) mass is 342 g/mol. The van der Waals surface area contributed by atoms with Crippen LogP contribution in [-0.4, -0.2) is 29.7 Å². The van der Waals surface area contributed by atoms with Crippen molar-refractivity contribution >= 4 is 28.5 Å². The summed E-state index contributed by atoms with van der Waals surface area (Å²) >= 11 is 5.90.